The van der Waals surface area contributed by atoms with E-state index in [1.807, 2.05) is 147 Å². The number of aryl methyl sites for hydroxylation is 4. The molecule has 0 bridgehead atoms. The zero-order valence-corrected chi connectivity index (χ0v) is 52.6. The zero-order chi connectivity index (χ0) is 64.5. The number of rotatable bonds is 17. The summed E-state index contributed by atoms with van der Waals surface area (Å²) in [6.45, 7) is 8.36. The molecule has 3 heterocycles. The van der Waals surface area contributed by atoms with Gasteiger partial charge in [-0.05, 0) is 114 Å². The standard InChI is InChI=1S/C30H24N2O2.C26H24N2O2.C25H22N2O2/c1-22-12-8-9-15-24(22)20-28(31-34-30(33)23-13-4-2-5-14-23)27-21-32(25-16-6-3-7-17-25)29-19-11-10-18-26(27)29;1-19-10-6-7-13-22(19)16-25(27-30-20(2)29)24-18-28(17-21-11-4-3-5-12-21)26-15-9-8-14-23(24)26;1-18-10-6-7-13-20(18)16-23(26-29-25(28)19-11-4-3-5-12-19)22-17-27(2)24-15-9-8-14-21(22)24/h2-19,21H,20H2,1H3;3-15,18H,16-17H2,1-2H3;3-15,17H,16H2,1-2H3/b31-28+;27-25+;26-23+. The van der Waals surface area contributed by atoms with Crippen molar-refractivity contribution < 1.29 is 28.9 Å². The van der Waals surface area contributed by atoms with Crippen molar-refractivity contribution in [3.63, 3.8) is 0 Å². The molecule has 0 fully saturated rings. The molecule has 0 atom stereocenters. The second-order valence-corrected chi connectivity index (χ2v) is 22.6. The Balaban J connectivity index is 0.000000143. The SMILES string of the molecule is CC(=O)O/N=C(\Cc1ccccc1C)c1cn(Cc2ccccc2)c2ccccc12.Cc1ccccc1C/C(=N\OC(=O)c1ccccc1)c1cn(-c2ccccc2)c2ccccc12.Cc1ccccc1C/C(=N\OC(=O)c1ccccc1)c1cn(C)c2ccccc12. The van der Waals surface area contributed by atoms with Gasteiger partial charge in [0, 0.05) is 108 Å². The van der Waals surface area contributed by atoms with E-state index in [2.05, 4.69) is 159 Å². The van der Waals surface area contributed by atoms with Crippen LogP contribution in [0.25, 0.3) is 38.4 Å². The second-order valence-electron chi connectivity index (χ2n) is 22.6. The largest absolute Gasteiger partial charge is 0.365 e. The molecular weight excluding hydrogens is 1150 g/mol. The van der Waals surface area contributed by atoms with E-state index in [9.17, 15) is 14.4 Å². The van der Waals surface area contributed by atoms with Gasteiger partial charge in [0.1, 0.15) is 0 Å². The molecule has 13 aromatic rings. The van der Waals surface area contributed by atoms with Gasteiger partial charge in [-0.25, -0.2) is 14.4 Å². The number of nitrogens with zero attached hydrogens (tertiary/aromatic N) is 6. The van der Waals surface area contributed by atoms with Gasteiger partial charge >= 0.3 is 17.9 Å². The highest BCUT2D eigenvalue weighted by Gasteiger charge is 2.21. The second kappa shape index (κ2) is 30.2. The first-order chi connectivity index (χ1) is 45.4. The van der Waals surface area contributed by atoms with Gasteiger partial charge in [-0.2, -0.15) is 0 Å². The number of carbonyl (C=O) groups is 3. The van der Waals surface area contributed by atoms with Crippen molar-refractivity contribution in [1.82, 2.24) is 13.7 Å². The number of hydrogen-bond acceptors (Lipinski definition) is 9. The van der Waals surface area contributed by atoms with Gasteiger partial charge in [0.05, 0.1) is 33.8 Å². The third-order valence-corrected chi connectivity index (χ3v) is 16.2. The molecule has 460 valence electrons. The Hall–Kier alpha value is -11.8. The molecule has 12 nitrogen and oxygen atoms in total. The summed E-state index contributed by atoms with van der Waals surface area (Å²) in [7, 11) is 2.01. The summed E-state index contributed by atoms with van der Waals surface area (Å²) in [5, 5.41) is 16.2. The van der Waals surface area contributed by atoms with Crippen molar-refractivity contribution >= 4 is 67.8 Å². The predicted octanol–water partition coefficient (Wildman–Crippen LogP) is 17.5. The molecule has 0 unspecified atom stereocenters. The van der Waals surface area contributed by atoms with E-state index in [1.165, 1.54) is 23.6 Å². The van der Waals surface area contributed by atoms with Gasteiger partial charge in [-0.1, -0.05) is 228 Å². The number of aromatic nitrogens is 3. The van der Waals surface area contributed by atoms with Gasteiger partial charge in [0.15, 0.2) is 0 Å². The van der Waals surface area contributed by atoms with Crippen molar-refractivity contribution in [3.8, 4) is 5.69 Å². The van der Waals surface area contributed by atoms with Crippen LogP contribution in [0.1, 0.15) is 83.3 Å². The molecule has 0 saturated heterocycles. The average molecular weight is 1220 g/mol. The lowest BCUT2D eigenvalue weighted by atomic mass is 9.98. The fourth-order valence-electron chi connectivity index (χ4n) is 11.2. The average Bonchev–Trinajstić information content (AvgIpc) is 1.68. The molecule has 0 aliphatic carbocycles. The van der Waals surface area contributed by atoms with Crippen LogP contribution in [0.2, 0.25) is 0 Å². The first-order valence-corrected chi connectivity index (χ1v) is 30.8. The maximum atomic E-state index is 12.7. The van der Waals surface area contributed by atoms with E-state index in [0.29, 0.717) is 36.1 Å². The maximum Gasteiger partial charge on any atom is 0.365 e. The molecule has 0 amide bonds. The molecule has 0 aliphatic heterocycles. The number of hydrogen-bond donors (Lipinski definition) is 0. The van der Waals surface area contributed by atoms with Crippen LogP contribution in [0.15, 0.2) is 301 Å². The summed E-state index contributed by atoms with van der Waals surface area (Å²) < 4.78 is 6.44. The Kier molecular flexibility index (Phi) is 20.4. The topological polar surface area (TPSA) is 131 Å². The van der Waals surface area contributed by atoms with Gasteiger partial charge in [0.2, 0.25) is 0 Å². The van der Waals surface area contributed by atoms with Crippen LogP contribution in [0.4, 0.5) is 0 Å². The third kappa shape index (κ3) is 15.6. The molecule has 13 rings (SSSR count). The van der Waals surface area contributed by atoms with Crippen LogP contribution in [0.3, 0.4) is 0 Å². The monoisotopic (exact) mass is 1220 g/mol. The Morgan fingerprint density at radius 2 is 0.720 bits per heavy atom. The van der Waals surface area contributed by atoms with Crippen molar-refractivity contribution in [3.05, 3.63) is 352 Å². The molecule has 0 spiro atoms. The third-order valence-electron chi connectivity index (χ3n) is 16.2. The molecule has 0 radical (unpaired) electrons. The van der Waals surface area contributed by atoms with Crippen LogP contribution < -0.4 is 0 Å². The van der Waals surface area contributed by atoms with Gasteiger partial charge in [0.25, 0.3) is 0 Å². The van der Waals surface area contributed by atoms with Crippen LogP contribution in [-0.2, 0) is 52.2 Å². The fourth-order valence-corrected chi connectivity index (χ4v) is 11.2. The highest BCUT2D eigenvalue weighted by atomic mass is 16.7. The molecule has 93 heavy (non-hydrogen) atoms. The summed E-state index contributed by atoms with van der Waals surface area (Å²) in [5.41, 5.74) is 18.5. The lowest BCUT2D eigenvalue weighted by Gasteiger charge is -2.09. The quantitative estimate of drug-likeness (QED) is 0.0507. The molecule has 0 saturated carbocycles. The minimum atomic E-state index is -0.477. The van der Waals surface area contributed by atoms with Crippen LogP contribution in [0.5, 0.6) is 0 Å². The molecular formula is C81H70N6O6. The summed E-state index contributed by atoms with van der Waals surface area (Å²) in [6, 6.07) is 87.6. The van der Waals surface area contributed by atoms with E-state index in [1.54, 1.807) is 36.4 Å². The molecule has 12 heteroatoms. The normalized spacial score (nSPS) is 11.6. The Morgan fingerprint density at radius 3 is 1.19 bits per heavy atom. The summed E-state index contributed by atoms with van der Waals surface area (Å²) >= 11 is 0. The predicted molar refractivity (Wildman–Crippen MR) is 373 cm³/mol. The van der Waals surface area contributed by atoms with E-state index in [0.717, 1.165) is 95.3 Å². The Bertz CT molecular complexity index is 4830. The van der Waals surface area contributed by atoms with Crippen LogP contribution in [-0.4, -0.2) is 48.7 Å². The Labute approximate surface area is 541 Å². The first-order valence-electron chi connectivity index (χ1n) is 30.8. The maximum absolute atomic E-state index is 12.7. The van der Waals surface area contributed by atoms with Gasteiger partial charge in [-0.15, -0.1) is 0 Å². The molecule has 0 aliphatic rings. The number of para-hydroxylation sites is 4. The van der Waals surface area contributed by atoms with Crippen molar-refractivity contribution in [2.24, 2.45) is 22.5 Å². The van der Waals surface area contributed by atoms with Gasteiger partial charge < -0.3 is 28.2 Å². The minimum absolute atomic E-state index is 0.426. The zero-order valence-electron chi connectivity index (χ0n) is 52.6. The number of fused-ring (bicyclic) bond motifs is 3. The van der Waals surface area contributed by atoms with Crippen molar-refractivity contribution in [1.29, 1.82) is 0 Å². The smallest absolute Gasteiger partial charge is 0.350 e. The van der Waals surface area contributed by atoms with Gasteiger partial charge in [-0.3, -0.25) is 0 Å². The summed E-state index contributed by atoms with van der Waals surface area (Å²) in [4.78, 5) is 52.5. The fraction of sp³-hybridized carbons (Fsp3) is 0.111. The lowest BCUT2D eigenvalue weighted by molar-refractivity contribution is -0.140. The summed E-state index contributed by atoms with van der Waals surface area (Å²) in [5.74, 6) is -1.37. The minimum Gasteiger partial charge on any atom is -0.350 e. The highest BCUT2D eigenvalue weighted by molar-refractivity contribution is 6.14. The lowest BCUT2D eigenvalue weighted by Crippen LogP contribution is -2.10. The number of benzene rings is 10. The first kappa shape index (κ1) is 62.8. The highest BCUT2D eigenvalue weighted by Crippen LogP contribution is 2.30. The van der Waals surface area contributed by atoms with E-state index in [-0.39, 0.29) is 0 Å². The van der Waals surface area contributed by atoms with Crippen molar-refractivity contribution in [2.75, 3.05) is 0 Å². The van der Waals surface area contributed by atoms with Crippen molar-refractivity contribution in [2.45, 2.75) is 53.5 Å². The summed E-state index contributed by atoms with van der Waals surface area (Å²) in [6.07, 6.45) is 7.92. The van der Waals surface area contributed by atoms with Crippen LogP contribution in [0, 0.1) is 20.8 Å². The number of carbonyl (C=O) groups excluding carboxylic acids is 3. The number of oxime groups is 3. The van der Waals surface area contributed by atoms with E-state index < -0.39 is 17.9 Å². The van der Waals surface area contributed by atoms with E-state index in [4.69, 9.17) is 14.5 Å². The molecule has 3 aromatic heterocycles. The van der Waals surface area contributed by atoms with Crippen LogP contribution >= 0.6 is 0 Å². The van der Waals surface area contributed by atoms with E-state index >= 15 is 0 Å². The molecule has 10 aromatic carbocycles. The molecule has 0 N–H and O–H groups in total. The Morgan fingerprint density at radius 1 is 0.366 bits per heavy atom.